The van der Waals surface area contributed by atoms with Crippen molar-refractivity contribution >= 4 is 23.6 Å². The maximum atomic E-state index is 12.0. The Balaban J connectivity index is 1.83. The lowest BCUT2D eigenvalue weighted by molar-refractivity contribution is -0.139. The Morgan fingerprint density at radius 2 is 2.19 bits per heavy atom. The van der Waals surface area contributed by atoms with Crippen molar-refractivity contribution in [2.45, 2.75) is 19.3 Å². The van der Waals surface area contributed by atoms with Crippen molar-refractivity contribution in [3.63, 3.8) is 0 Å². The summed E-state index contributed by atoms with van der Waals surface area (Å²) in [6, 6.07) is 0. The summed E-state index contributed by atoms with van der Waals surface area (Å²) in [6.45, 7) is 1.39. The highest BCUT2D eigenvalue weighted by atomic mass is 32.2. The maximum absolute atomic E-state index is 12.0. The molecule has 5 heteroatoms. The van der Waals surface area contributed by atoms with Gasteiger partial charge in [-0.3, -0.25) is 9.59 Å². The van der Waals surface area contributed by atoms with E-state index < -0.39 is 5.97 Å². The molecule has 1 N–H and O–H groups in total. The third-order valence-corrected chi connectivity index (χ3v) is 4.50. The summed E-state index contributed by atoms with van der Waals surface area (Å²) < 4.78 is 0. The van der Waals surface area contributed by atoms with Gasteiger partial charge in [-0.2, -0.15) is 11.8 Å². The van der Waals surface area contributed by atoms with Gasteiger partial charge in [0, 0.05) is 31.2 Å². The number of carboxylic acids is 1. The molecule has 0 aromatic rings. The Labute approximate surface area is 99.4 Å². The summed E-state index contributed by atoms with van der Waals surface area (Å²) in [4.78, 5) is 24.5. The van der Waals surface area contributed by atoms with Crippen LogP contribution >= 0.6 is 11.8 Å². The molecule has 2 unspecified atom stereocenters. The second kappa shape index (κ2) is 5.08. The van der Waals surface area contributed by atoms with Gasteiger partial charge in [-0.15, -0.1) is 0 Å². The Morgan fingerprint density at radius 1 is 1.38 bits per heavy atom. The van der Waals surface area contributed by atoms with E-state index in [2.05, 4.69) is 0 Å². The first-order chi connectivity index (χ1) is 7.66. The normalized spacial score (nSPS) is 29.6. The van der Waals surface area contributed by atoms with E-state index >= 15 is 0 Å². The van der Waals surface area contributed by atoms with Crippen LogP contribution in [0, 0.1) is 11.8 Å². The molecular weight excluding hydrogens is 226 g/mol. The van der Waals surface area contributed by atoms with Crippen molar-refractivity contribution in [3.05, 3.63) is 0 Å². The topological polar surface area (TPSA) is 57.6 Å². The van der Waals surface area contributed by atoms with Crippen LogP contribution in [0.5, 0.6) is 0 Å². The first kappa shape index (κ1) is 11.8. The first-order valence-electron chi connectivity index (χ1n) is 5.75. The Kier molecular flexibility index (Phi) is 3.74. The minimum atomic E-state index is -0.754. The van der Waals surface area contributed by atoms with Crippen molar-refractivity contribution in [1.29, 1.82) is 0 Å². The molecule has 2 aliphatic rings. The van der Waals surface area contributed by atoms with Gasteiger partial charge in [0.05, 0.1) is 0 Å². The van der Waals surface area contributed by atoms with E-state index in [1.165, 1.54) is 0 Å². The predicted molar refractivity (Wildman–Crippen MR) is 62.4 cm³/mol. The van der Waals surface area contributed by atoms with Gasteiger partial charge in [0.1, 0.15) is 0 Å². The number of carbonyl (C=O) groups is 2. The number of carbonyl (C=O) groups excluding carboxylic acids is 1. The number of carboxylic acid groups (broad SMARTS) is 1. The Bertz CT molecular complexity index is 289. The average molecular weight is 243 g/mol. The molecule has 2 saturated heterocycles. The van der Waals surface area contributed by atoms with Gasteiger partial charge in [-0.05, 0) is 24.5 Å². The standard InChI is InChI=1S/C11H17NO3S/c13-10(14)5-8-1-3-12(6-8)11(15)9-2-4-16-7-9/h8-9H,1-7H2,(H,13,14). The zero-order chi connectivity index (χ0) is 11.5. The van der Waals surface area contributed by atoms with Gasteiger partial charge in [0.25, 0.3) is 0 Å². The molecule has 1 amide bonds. The van der Waals surface area contributed by atoms with Gasteiger partial charge >= 0.3 is 5.97 Å². The van der Waals surface area contributed by atoms with E-state index in [4.69, 9.17) is 5.11 Å². The molecule has 0 spiro atoms. The van der Waals surface area contributed by atoms with Crippen LogP contribution < -0.4 is 0 Å². The molecule has 90 valence electrons. The Hall–Kier alpha value is -0.710. The highest BCUT2D eigenvalue weighted by Gasteiger charge is 2.33. The van der Waals surface area contributed by atoms with Crippen molar-refractivity contribution in [2.24, 2.45) is 11.8 Å². The smallest absolute Gasteiger partial charge is 0.303 e. The van der Waals surface area contributed by atoms with E-state index in [0.29, 0.717) is 6.54 Å². The summed E-state index contributed by atoms with van der Waals surface area (Å²) in [5.41, 5.74) is 0. The zero-order valence-corrected chi connectivity index (χ0v) is 10.0. The molecule has 16 heavy (non-hydrogen) atoms. The molecule has 0 radical (unpaired) electrons. The van der Waals surface area contributed by atoms with E-state index in [-0.39, 0.29) is 24.2 Å². The third kappa shape index (κ3) is 2.70. The van der Waals surface area contributed by atoms with E-state index in [9.17, 15) is 9.59 Å². The molecule has 2 fully saturated rings. The molecule has 0 bridgehead atoms. The van der Waals surface area contributed by atoms with E-state index in [0.717, 1.165) is 30.9 Å². The van der Waals surface area contributed by atoms with Crippen LogP contribution in [0.3, 0.4) is 0 Å². The second-order valence-corrected chi connectivity index (χ2v) is 5.75. The lowest BCUT2D eigenvalue weighted by atomic mass is 10.1. The molecule has 0 aromatic carbocycles. The number of rotatable bonds is 3. The lowest BCUT2D eigenvalue weighted by Gasteiger charge is -2.19. The number of amides is 1. The van der Waals surface area contributed by atoms with Crippen LogP contribution in [-0.2, 0) is 9.59 Å². The minimum absolute atomic E-state index is 0.163. The SMILES string of the molecule is O=C(O)CC1CCN(C(=O)C2CCSC2)C1. The van der Waals surface area contributed by atoms with Crippen LogP contribution in [0.1, 0.15) is 19.3 Å². The molecule has 2 rings (SSSR count). The molecule has 0 aromatic heterocycles. The van der Waals surface area contributed by atoms with Gasteiger partial charge in [0.15, 0.2) is 0 Å². The summed E-state index contributed by atoms with van der Waals surface area (Å²) in [5.74, 6) is 1.87. The molecule has 2 aliphatic heterocycles. The first-order valence-corrected chi connectivity index (χ1v) is 6.90. The summed E-state index contributed by atoms with van der Waals surface area (Å²) in [7, 11) is 0. The van der Waals surface area contributed by atoms with Gasteiger partial charge in [-0.25, -0.2) is 0 Å². The molecule has 4 nitrogen and oxygen atoms in total. The number of hydrogen-bond donors (Lipinski definition) is 1. The minimum Gasteiger partial charge on any atom is -0.481 e. The zero-order valence-electron chi connectivity index (χ0n) is 9.22. The lowest BCUT2D eigenvalue weighted by Crippen LogP contribution is -2.34. The third-order valence-electron chi connectivity index (χ3n) is 3.34. The molecule has 0 aliphatic carbocycles. The monoisotopic (exact) mass is 243 g/mol. The molecular formula is C11H17NO3S. The van der Waals surface area contributed by atoms with E-state index in [1.54, 1.807) is 0 Å². The second-order valence-electron chi connectivity index (χ2n) is 4.60. The highest BCUT2D eigenvalue weighted by molar-refractivity contribution is 7.99. The number of likely N-dealkylation sites (tertiary alicyclic amines) is 1. The van der Waals surface area contributed by atoms with Crippen molar-refractivity contribution in [2.75, 3.05) is 24.6 Å². The quantitative estimate of drug-likeness (QED) is 0.805. The van der Waals surface area contributed by atoms with Crippen molar-refractivity contribution in [3.8, 4) is 0 Å². The molecule has 2 atom stereocenters. The fourth-order valence-electron chi connectivity index (χ4n) is 2.43. The summed E-state index contributed by atoms with van der Waals surface area (Å²) in [5, 5.41) is 8.70. The Morgan fingerprint density at radius 3 is 2.81 bits per heavy atom. The van der Waals surface area contributed by atoms with Crippen LogP contribution in [0.2, 0.25) is 0 Å². The average Bonchev–Trinajstić information content (AvgIpc) is 2.84. The highest BCUT2D eigenvalue weighted by Crippen LogP contribution is 2.28. The number of nitrogens with zero attached hydrogens (tertiary/aromatic N) is 1. The molecule has 2 heterocycles. The number of thioether (sulfide) groups is 1. The van der Waals surface area contributed by atoms with Crippen LogP contribution in [-0.4, -0.2) is 46.5 Å². The fourth-order valence-corrected chi connectivity index (χ4v) is 3.65. The van der Waals surface area contributed by atoms with Crippen molar-refractivity contribution in [1.82, 2.24) is 4.90 Å². The van der Waals surface area contributed by atoms with Crippen LogP contribution in [0.15, 0.2) is 0 Å². The fraction of sp³-hybridized carbons (Fsp3) is 0.818. The van der Waals surface area contributed by atoms with Gasteiger partial charge < -0.3 is 10.0 Å². The predicted octanol–water partition coefficient (Wildman–Crippen LogP) is 1.06. The van der Waals surface area contributed by atoms with Gasteiger partial charge in [-0.1, -0.05) is 0 Å². The largest absolute Gasteiger partial charge is 0.481 e. The number of aliphatic carboxylic acids is 1. The van der Waals surface area contributed by atoms with Gasteiger partial charge in [0.2, 0.25) is 5.91 Å². The summed E-state index contributed by atoms with van der Waals surface area (Å²) in [6.07, 6.45) is 2.03. The maximum Gasteiger partial charge on any atom is 0.303 e. The molecule has 0 saturated carbocycles. The van der Waals surface area contributed by atoms with E-state index in [1.807, 2.05) is 16.7 Å². The van der Waals surface area contributed by atoms with Crippen LogP contribution in [0.4, 0.5) is 0 Å². The van der Waals surface area contributed by atoms with Crippen molar-refractivity contribution < 1.29 is 14.7 Å². The number of hydrogen-bond acceptors (Lipinski definition) is 3. The summed E-state index contributed by atoms with van der Waals surface area (Å²) >= 11 is 1.84. The van der Waals surface area contributed by atoms with Crippen LogP contribution in [0.25, 0.3) is 0 Å².